The van der Waals surface area contributed by atoms with Crippen LogP contribution in [0.15, 0.2) is 82.6 Å². The number of nitrogens with one attached hydrogen (secondary N) is 1. The van der Waals surface area contributed by atoms with Crippen LogP contribution < -0.4 is 9.62 Å². The molecule has 7 heteroatoms. The molecular weight excluding hydrogens is 452 g/mol. The number of carbonyl (C=O) groups is 1. The molecule has 172 valence electrons. The molecule has 5 nitrogen and oxygen atoms in total. The standard InChI is InChI=1S/C26H28N2O3S2/c1-19-10-12-21(13-11-19)28(33(30,31)23-16-14-22(32-2)15-17-23)18-26(29)27-25-9-5-7-20-6-3-4-8-24(20)25/h3-4,6,8,10-17,25H,5,7,9,18H2,1-2H3,(H,27,29)/t25-/m1/s1. The number of fused-ring (bicyclic) bond motifs is 1. The number of rotatable bonds is 7. The summed E-state index contributed by atoms with van der Waals surface area (Å²) in [7, 11) is -3.93. The van der Waals surface area contributed by atoms with Gasteiger partial charge in [-0.2, -0.15) is 0 Å². The minimum Gasteiger partial charge on any atom is -0.348 e. The van der Waals surface area contributed by atoms with E-state index in [0.717, 1.165) is 35.3 Å². The number of thioether (sulfide) groups is 1. The molecular formula is C26H28N2O3S2. The van der Waals surface area contributed by atoms with Gasteiger partial charge in [-0.15, -0.1) is 11.8 Å². The second kappa shape index (κ2) is 10.0. The maximum atomic E-state index is 13.6. The molecule has 0 aliphatic heterocycles. The highest BCUT2D eigenvalue weighted by molar-refractivity contribution is 7.98. The van der Waals surface area contributed by atoms with E-state index in [0.29, 0.717) is 5.69 Å². The van der Waals surface area contributed by atoms with Crippen molar-refractivity contribution in [1.82, 2.24) is 5.32 Å². The first-order valence-corrected chi connectivity index (χ1v) is 13.7. The van der Waals surface area contributed by atoms with Gasteiger partial charge in [0.2, 0.25) is 5.91 Å². The summed E-state index contributed by atoms with van der Waals surface area (Å²) in [5, 5.41) is 3.08. The van der Waals surface area contributed by atoms with Crippen LogP contribution >= 0.6 is 11.8 Å². The maximum absolute atomic E-state index is 13.6. The number of sulfonamides is 1. The molecule has 0 saturated heterocycles. The van der Waals surface area contributed by atoms with E-state index in [-0.39, 0.29) is 23.4 Å². The van der Waals surface area contributed by atoms with Crippen LogP contribution in [-0.2, 0) is 21.2 Å². The van der Waals surface area contributed by atoms with Gasteiger partial charge < -0.3 is 5.32 Å². The van der Waals surface area contributed by atoms with Crippen molar-refractivity contribution in [1.29, 1.82) is 0 Å². The Kier molecular flexibility index (Phi) is 7.10. The summed E-state index contributed by atoms with van der Waals surface area (Å²) in [5.41, 5.74) is 3.85. The van der Waals surface area contributed by atoms with Crippen molar-refractivity contribution in [3.05, 3.63) is 89.5 Å². The lowest BCUT2D eigenvalue weighted by molar-refractivity contribution is -0.120. The minimum atomic E-state index is -3.93. The van der Waals surface area contributed by atoms with E-state index in [1.165, 1.54) is 9.87 Å². The van der Waals surface area contributed by atoms with Gasteiger partial charge in [-0.05, 0) is 80.0 Å². The predicted octanol–water partition coefficient (Wildman–Crippen LogP) is 5.11. The molecule has 0 spiro atoms. The van der Waals surface area contributed by atoms with Crippen LogP contribution in [0.2, 0.25) is 0 Å². The fourth-order valence-electron chi connectivity index (χ4n) is 4.18. The Morgan fingerprint density at radius 1 is 1.03 bits per heavy atom. The summed E-state index contributed by atoms with van der Waals surface area (Å²) in [5.74, 6) is -0.318. The molecule has 1 aliphatic rings. The second-order valence-corrected chi connectivity index (χ2v) is 11.0. The molecule has 0 bridgehead atoms. The Bertz CT molecular complexity index is 1220. The highest BCUT2D eigenvalue weighted by Gasteiger charge is 2.29. The maximum Gasteiger partial charge on any atom is 0.264 e. The lowest BCUT2D eigenvalue weighted by Crippen LogP contribution is -2.42. The lowest BCUT2D eigenvalue weighted by Gasteiger charge is -2.29. The predicted molar refractivity (Wildman–Crippen MR) is 134 cm³/mol. The Morgan fingerprint density at radius 2 is 1.73 bits per heavy atom. The van der Waals surface area contributed by atoms with Gasteiger partial charge >= 0.3 is 0 Å². The molecule has 0 heterocycles. The largest absolute Gasteiger partial charge is 0.348 e. The number of carbonyl (C=O) groups excluding carboxylic acids is 1. The highest BCUT2D eigenvalue weighted by atomic mass is 32.2. The zero-order chi connectivity index (χ0) is 23.4. The van der Waals surface area contributed by atoms with E-state index in [1.54, 1.807) is 48.2 Å². The van der Waals surface area contributed by atoms with Gasteiger partial charge in [0.15, 0.2) is 0 Å². The zero-order valence-corrected chi connectivity index (χ0v) is 20.5. The van der Waals surface area contributed by atoms with E-state index < -0.39 is 10.0 Å². The third-order valence-corrected chi connectivity index (χ3v) is 8.49. The zero-order valence-electron chi connectivity index (χ0n) is 18.8. The third kappa shape index (κ3) is 5.25. The Morgan fingerprint density at radius 3 is 2.42 bits per heavy atom. The molecule has 1 amide bonds. The normalized spacial score (nSPS) is 15.5. The van der Waals surface area contributed by atoms with E-state index in [9.17, 15) is 13.2 Å². The number of anilines is 1. The molecule has 3 aromatic rings. The van der Waals surface area contributed by atoms with Crippen LogP contribution in [0.5, 0.6) is 0 Å². The molecule has 0 saturated carbocycles. The topological polar surface area (TPSA) is 66.5 Å². The van der Waals surface area contributed by atoms with Crippen LogP contribution in [0.25, 0.3) is 0 Å². The van der Waals surface area contributed by atoms with Gasteiger partial charge in [0.05, 0.1) is 16.6 Å². The fourth-order valence-corrected chi connectivity index (χ4v) is 6.00. The molecule has 3 aromatic carbocycles. The first kappa shape index (κ1) is 23.4. The van der Waals surface area contributed by atoms with Crippen LogP contribution in [0.1, 0.15) is 35.6 Å². The average Bonchev–Trinajstić information content (AvgIpc) is 2.83. The Labute approximate surface area is 200 Å². The van der Waals surface area contributed by atoms with Gasteiger partial charge in [0.25, 0.3) is 10.0 Å². The van der Waals surface area contributed by atoms with Crippen molar-refractivity contribution < 1.29 is 13.2 Å². The van der Waals surface area contributed by atoms with Crippen LogP contribution in [-0.4, -0.2) is 27.1 Å². The summed E-state index contributed by atoms with van der Waals surface area (Å²) >= 11 is 1.55. The highest BCUT2D eigenvalue weighted by Crippen LogP contribution is 2.30. The molecule has 4 rings (SSSR count). The number of nitrogens with zero attached hydrogens (tertiary/aromatic N) is 1. The molecule has 0 fully saturated rings. The number of benzene rings is 3. The molecule has 0 unspecified atom stereocenters. The first-order valence-electron chi connectivity index (χ1n) is 11.0. The second-order valence-electron chi connectivity index (χ2n) is 8.23. The first-order chi connectivity index (χ1) is 15.9. The number of amides is 1. The fraction of sp³-hybridized carbons (Fsp3) is 0.269. The number of hydrogen-bond donors (Lipinski definition) is 1. The monoisotopic (exact) mass is 480 g/mol. The van der Waals surface area contributed by atoms with E-state index >= 15 is 0 Å². The van der Waals surface area contributed by atoms with Crippen molar-refractivity contribution in [3.8, 4) is 0 Å². The molecule has 1 aliphatic carbocycles. The summed E-state index contributed by atoms with van der Waals surface area (Å²) in [4.78, 5) is 14.3. The summed E-state index contributed by atoms with van der Waals surface area (Å²) in [6.07, 6.45) is 4.77. The van der Waals surface area contributed by atoms with E-state index in [4.69, 9.17) is 0 Å². The van der Waals surface area contributed by atoms with Gasteiger partial charge in [0, 0.05) is 4.90 Å². The van der Waals surface area contributed by atoms with Crippen LogP contribution in [0, 0.1) is 6.92 Å². The van der Waals surface area contributed by atoms with E-state index in [1.807, 2.05) is 43.5 Å². The van der Waals surface area contributed by atoms with Gasteiger partial charge in [-0.25, -0.2) is 8.42 Å². The smallest absolute Gasteiger partial charge is 0.264 e. The van der Waals surface area contributed by atoms with Crippen molar-refractivity contribution in [2.75, 3.05) is 17.1 Å². The van der Waals surface area contributed by atoms with Crippen molar-refractivity contribution in [3.63, 3.8) is 0 Å². The quantitative estimate of drug-likeness (QED) is 0.478. The van der Waals surface area contributed by atoms with Gasteiger partial charge in [0.1, 0.15) is 6.54 Å². The summed E-state index contributed by atoms with van der Waals surface area (Å²) in [6, 6.07) is 22.0. The number of aryl methyl sites for hydroxylation is 2. The number of hydrogen-bond acceptors (Lipinski definition) is 4. The molecule has 0 aromatic heterocycles. The molecule has 1 N–H and O–H groups in total. The SMILES string of the molecule is CSc1ccc(S(=O)(=O)N(CC(=O)N[C@@H]2CCCc3ccccc32)c2ccc(C)cc2)cc1. The third-order valence-electron chi connectivity index (χ3n) is 5.96. The van der Waals surface area contributed by atoms with Gasteiger partial charge in [-0.1, -0.05) is 42.0 Å². The average molecular weight is 481 g/mol. The molecule has 33 heavy (non-hydrogen) atoms. The van der Waals surface area contributed by atoms with Crippen LogP contribution in [0.3, 0.4) is 0 Å². The molecule has 0 radical (unpaired) electrons. The van der Waals surface area contributed by atoms with Crippen molar-refractivity contribution in [2.24, 2.45) is 0 Å². The summed E-state index contributed by atoms with van der Waals surface area (Å²) in [6.45, 7) is 1.66. The van der Waals surface area contributed by atoms with Crippen molar-refractivity contribution in [2.45, 2.75) is 42.0 Å². The molecule has 1 atom stereocenters. The lowest BCUT2D eigenvalue weighted by atomic mass is 9.88. The van der Waals surface area contributed by atoms with Crippen LogP contribution in [0.4, 0.5) is 5.69 Å². The van der Waals surface area contributed by atoms with Crippen molar-refractivity contribution >= 4 is 33.4 Å². The van der Waals surface area contributed by atoms with E-state index in [2.05, 4.69) is 11.4 Å². The Hall–Kier alpha value is -2.77. The van der Waals surface area contributed by atoms with Gasteiger partial charge in [-0.3, -0.25) is 9.10 Å². The minimum absolute atomic E-state index is 0.106. The Balaban J connectivity index is 1.61. The summed E-state index contributed by atoms with van der Waals surface area (Å²) < 4.78 is 28.4.